The first-order chi connectivity index (χ1) is 10.2. The lowest BCUT2D eigenvalue weighted by atomic mass is 10.1. The molecule has 0 aliphatic heterocycles. The average Bonchev–Trinajstić information content (AvgIpc) is 2.83. The van der Waals surface area contributed by atoms with E-state index in [1.54, 1.807) is 0 Å². The van der Waals surface area contributed by atoms with Gasteiger partial charge in [-0.25, -0.2) is 0 Å². The van der Waals surface area contributed by atoms with Crippen LogP contribution in [-0.2, 0) is 9.53 Å². The van der Waals surface area contributed by atoms with Crippen LogP contribution in [0.1, 0.15) is 47.5 Å². The van der Waals surface area contributed by atoms with Crippen molar-refractivity contribution in [3.05, 3.63) is 47.6 Å². The summed E-state index contributed by atoms with van der Waals surface area (Å²) < 4.78 is 5.82. The molecule has 1 saturated carbocycles. The lowest BCUT2D eigenvalue weighted by molar-refractivity contribution is -0.149. The van der Waals surface area contributed by atoms with E-state index in [1.165, 1.54) is 11.1 Å². The SMILES string of the molecule is C=CCC1=C(C)C(OC(=O)[C@@H]2[C@@H](C=C(C)C)C2(C)C)CC1=C. The second-order valence-electron chi connectivity index (χ2n) is 7.46. The monoisotopic (exact) mass is 300 g/mol. The van der Waals surface area contributed by atoms with E-state index in [0.29, 0.717) is 5.92 Å². The Kier molecular flexibility index (Phi) is 4.51. The number of carbonyl (C=O) groups excluding carboxylic acids is 1. The first kappa shape index (κ1) is 16.8. The Labute approximate surface area is 134 Å². The molecule has 0 N–H and O–H groups in total. The molecular formula is C20H28O2. The van der Waals surface area contributed by atoms with Crippen LogP contribution in [0.5, 0.6) is 0 Å². The molecule has 3 atom stereocenters. The molecule has 0 saturated heterocycles. The third kappa shape index (κ3) is 2.97. The largest absolute Gasteiger partial charge is 0.457 e. The van der Waals surface area contributed by atoms with Crippen LogP contribution in [-0.4, -0.2) is 12.1 Å². The normalized spacial score (nSPS) is 29.3. The Morgan fingerprint density at radius 1 is 1.41 bits per heavy atom. The van der Waals surface area contributed by atoms with E-state index >= 15 is 0 Å². The van der Waals surface area contributed by atoms with E-state index < -0.39 is 0 Å². The summed E-state index contributed by atoms with van der Waals surface area (Å²) >= 11 is 0. The van der Waals surface area contributed by atoms with Gasteiger partial charge in [0.15, 0.2) is 0 Å². The standard InChI is InChI=1S/C20H28O2/c1-8-9-15-13(4)11-17(14(15)5)22-19(21)18-16(10-12(2)3)20(18,6)7/h8,10,16-18H,1,4,9,11H2,2-3,5-7H3/t16-,17?,18+/m1/s1. The first-order valence-corrected chi connectivity index (χ1v) is 8.04. The van der Waals surface area contributed by atoms with Gasteiger partial charge in [-0.15, -0.1) is 6.58 Å². The summed E-state index contributed by atoms with van der Waals surface area (Å²) in [5.74, 6) is 0.211. The van der Waals surface area contributed by atoms with E-state index in [2.05, 4.69) is 46.9 Å². The van der Waals surface area contributed by atoms with Crippen molar-refractivity contribution in [1.29, 1.82) is 0 Å². The van der Waals surface area contributed by atoms with Crippen LogP contribution in [0.2, 0.25) is 0 Å². The Morgan fingerprint density at radius 2 is 2.05 bits per heavy atom. The van der Waals surface area contributed by atoms with Crippen molar-refractivity contribution in [2.45, 2.75) is 53.6 Å². The highest BCUT2D eigenvalue weighted by atomic mass is 16.5. The summed E-state index contributed by atoms with van der Waals surface area (Å²) in [7, 11) is 0. The molecule has 2 nitrogen and oxygen atoms in total. The molecule has 1 unspecified atom stereocenters. The van der Waals surface area contributed by atoms with Crippen molar-refractivity contribution >= 4 is 5.97 Å². The lowest BCUT2D eigenvalue weighted by Crippen LogP contribution is -2.20. The molecule has 0 aromatic heterocycles. The highest BCUT2D eigenvalue weighted by molar-refractivity contribution is 5.79. The molecule has 0 bridgehead atoms. The molecule has 1 fully saturated rings. The minimum atomic E-state index is -0.140. The fourth-order valence-electron chi connectivity index (χ4n) is 3.56. The summed E-state index contributed by atoms with van der Waals surface area (Å²) in [6.07, 6.45) is 5.46. The molecule has 0 spiro atoms. The summed E-state index contributed by atoms with van der Waals surface area (Å²) in [5.41, 5.74) is 4.67. The molecule has 0 radical (unpaired) electrons. The molecular weight excluding hydrogens is 272 g/mol. The molecule has 2 rings (SSSR count). The number of hydrogen-bond acceptors (Lipinski definition) is 2. The van der Waals surface area contributed by atoms with Crippen molar-refractivity contribution in [3.63, 3.8) is 0 Å². The fourth-order valence-corrected chi connectivity index (χ4v) is 3.56. The quantitative estimate of drug-likeness (QED) is 0.528. The van der Waals surface area contributed by atoms with E-state index in [0.717, 1.165) is 24.0 Å². The van der Waals surface area contributed by atoms with Gasteiger partial charge in [0.2, 0.25) is 0 Å². The zero-order valence-corrected chi connectivity index (χ0v) is 14.5. The third-order valence-corrected chi connectivity index (χ3v) is 5.10. The topological polar surface area (TPSA) is 26.3 Å². The van der Waals surface area contributed by atoms with Gasteiger partial charge in [0.1, 0.15) is 6.10 Å². The number of carbonyl (C=O) groups is 1. The van der Waals surface area contributed by atoms with Crippen molar-refractivity contribution in [2.24, 2.45) is 17.3 Å². The summed E-state index contributed by atoms with van der Waals surface area (Å²) in [4.78, 5) is 12.6. The molecule has 22 heavy (non-hydrogen) atoms. The molecule has 0 aromatic carbocycles. The van der Waals surface area contributed by atoms with Crippen molar-refractivity contribution in [2.75, 3.05) is 0 Å². The Balaban J connectivity index is 2.07. The van der Waals surface area contributed by atoms with Crippen LogP contribution in [0.3, 0.4) is 0 Å². The summed E-state index contributed by atoms with van der Waals surface area (Å²) in [6, 6.07) is 0. The Morgan fingerprint density at radius 3 is 2.59 bits per heavy atom. The highest BCUT2D eigenvalue weighted by Gasteiger charge is 2.61. The van der Waals surface area contributed by atoms with Crippen LogP contribution in [0, 0.1) is 17.3 Å². The molecule has 2 heteroatoms. The van der Waals surface area contributed by atoms with Gasteiger partial charge in [0.25, 0.3) is 0 Å². The van der Waals surface area contributed by atoms with E-state index in [1.807, 2.05) is 13.0 Å². The van der Waals surface area contributed by atoms with E-state index in [4.69, 9.17) is 4.74 Å². The zero-order valence-electron chi connectivity index (χ0n) is 14.5. The lowest BCUT2D eigenvalue weighted by Gasteiger charge is -2.14. The number of ether oxygens (including phenoxy) is 1. The molecule has 2 aliphatic carbocycles. The molecule has 0 aromatic rings. The van der Waals surface area contributed by atoms with Crippen molar-refractivity contribution in [1.82, 2.24) is 0 Å². The van der Waals surface area contributed by atoms with Gasteiger partial charge in [-0.3, -0.25) is 4.79 Å². The van der Waals surface area contributed by atoms with Crippen LogP contribution in [0.4, 0.5) is 0 Å². The summed E-state index contributed by atoms with van der Waals surface area (Å²) in [5, 5.41) is 0. The van der Waals surface area contributed by atoms with Crippen LogP contribution in [0.25, 0.3) is 0 Å². The van der Waals surface area contributed by atoms with Gasteiger partial charge in [-0.1, -0.05) is 38.2 Å². The molecule has 0 amide bonds. The Hall–Kier alpha value is -1.57. The van der Waals surface area contributed by atoms with Crippen molar-refractivity contribution < 1.29 is 9.53 Å². The van der Waals surface area contributed by atoms with Gasteiger partial charge >= 0.3 is 5.97 Å². The second-order valence-corrected chi connectivity index (χ2v) is 7.46. The highest BCUT2D eigenvalue weighted by Crippen LogP contribution is 2.60. The van der Waals surface area contributed by atoms with Crippen LogP contribution >= 0.6 is 0 Å². The van der Waals surface area contributed by atoms with E-state index in [-0.39, 0.29) is 23.4 Å². The Bertz CT molecular complexity index is 571. The maximum atomic E-state index is 12.6. The second kappa shape index (κ2) is 5.91. The van der Waals surface area contributed by atoms with E-state index in [9.17, 15) is 4.79 Å². The first-order valence-electron chi connectivity index (χ1n) is 8.04. The van der Waals surface area contributed by atoms with Gasteiger partial charge in [-0.2, -0.15) is 0 Å². The fraction of sp³-hybridized carbons (Fsp3) is 0.550. The van der Waals surface area contributed by atoms with Crippen molar-refractivity contribution in [3.8, 4) is 0 Å². The maximum Gasteiger partial charge on any atom is 0.310 e. The number of allylic oxidation sites excluding steroid dienone is 4. The molecule has 0 heterocycles. The van der Waals surface area contributed by atoms with Gasteiger partial charge < -0.3 is 4.74 Å². The third-order valence-electron chi connectivity index (χ3n) is 5.10. The average molecular weight is 300 g/mol. The van der Waals surface area contributed by atoms with Crippen LogP contribution in [0.15, 0.2) is 47.6 Å². The molecule has 120 valence electrons. The predicted octanol–water partition coefficient (Wildman–Crippen LogP) is 4.99. The van der Waals surface area contributed by atoms with Gasteiger partial charge in [-0.05, 0) is 55.2 Å². The zero-order chi connectivity index (χ0) is 16.7. The van der Waals surface area contributed by atoms with Crippen LogP contribution < -0.4 is 0 Å². The minimum Gasteiger partial charge on any atom is -0.457 e. The molecule has 2 aliphatic rings. The summed E-state index contributed by atoms with van der Waals surface area (Å²) in [6.45, 7) is 18.4. The minimum absolute atomic E-state index is 0.00549. The predicted molar refractivity (Wildman–Crippen MR) is 91.3 cm³/mol. The maximum absolute atomic E-state index is 12.6. The number of esters is 1. The van der Waals surface area contributed by atoms with Gasteiger partial charge in [0.05, 0.1) is 5.92 Å². The smallest absolute Gasteiger partial charge is 0.310 e. The number of hydrogen-bond donors (Lipinski definition) is 0. The number of rotatable bonds is 5. The van der Waals surface area contributed by atoms with Gasteiger partial charge in [0, 0.05) is 6.42 Å².